The average molecular weight is 571 g/mol. The van der Waals surface area contributed by atoms with Crippen LogP contribution in [0.3, 0.4) is 0 Å². The van der Waals surface area contributed by atoms with Crippen molar-refractivity contribution in [2.75, 3.05) is 20.3 Å². The number of nitrogens with one attached hydrogen (secondary N) is 1. The van der Waals surface area contributed by atoms with E-state index in [-0.39, 0.29) is 18.4 Å². The monoisotopic (exact) mass is 570 g/mol. The number of nitrogens with two attached hydrogens (primary N) is 1. The molecule has 0 bridgehead atoms. The van der Waals surface area contributed by atoms with Crippen molar-refractivity contribution < 1.29 is 34.1 Å². The first kappa shape index (κ1) is 32.9. The van der Waals surface area contributed by atoms with E-state index in [1.807, 2.05) is 37.3 Å². The second-order valence-electron chi connectivity index (χ2n) is 9.02. The molecule has 12 nitrogen and oxygen atoms in total. The largest absolute Gasteiger partial charge is 0.492 e. The highest BCUT2D eigenvalue weighted by atomic mass is 16.5. The van der Waals surface area contributed by atoms with Gasteiger partial charge in [-0.1, -0.05) is 31.2 Å². The summed E-state index contributed by atoms with van der Waals surface area (Å²) in [6.07, 6.45) is 0.418. The Kier molecular flexibility index (Phi) is 13.4. The quantitative estimate of drug-likeness (QED) is 0.211. The maximum atomic E-state index is 12.8. The van der Waals surface area contributed by atoms with E-state index in [2.05, 4.69) is 10.3 Å². The number of hydrogen-bond donors (Lipinski definition) is 4. The van der Waals surface area contributed by atoms with Crippen LogP contribution in [0.25, 0.3) is 10.9 Å². The van der Waals surface area contributed by atoms with Crippen LogP contribution in [0.5, 0.6) is 5.75 Å². The predicted octanol–water partition coefficient (Wildman–Crippen LogP) is 1.99. The van der Waals surface area contributed by atoms with Gasteiger partial charge in [0, 0.05) is 25.9 Å². The third-order valence-corrected chi connectivity index (χ3v) is 6.15. The van der Waals surface area contributed by atoms with Gasteiger partial charge in [0.15, 0.2) is 6.10 Å². The predicted molar refractivity (Wildman–Crippen MR) is 153 cm³/mol. The van der Waals surface area contributed by atoms with Crippen LogP contribution in [-0.4, -0.2) is 70.0 Å². The van der Waals surface area contributed by atoms with Gasteiger partial charge in [0.1, 0.15) is 24.2 Å². The molecule has 1 heterocycles. The minimum Gasteiger partial charge on any atom is -0.492 e. The zero-order valence-corrected chi connectivity index (χ0v) is 23.5. The summed E-state index contributed by atoms with van der Waals surface area (Å²) in [5.41, 5.74) is 6.33. The average Bonchev–Trinajstić information content (AvgIpc) is 2.95. The number of carbonyl (C=O) groups is 3. The molecule has 2 unspecified atom stereocenters. The highest BCUT2D eigenvalue weighted by Crippen LogP contribution is 2.15. The van der Waals surface area contributed by atoms with Crippen LogP contribution in [0, 0.1) is 0 Å². The third-order valence-electron chi connectivity index (χ3n) is 6.15. The molecule has 0 spiro atoms. The van der Waals surface area contributed by atoms with Crippen molar-refractivity contribution in [2.45, 2.75) is 58.2 Å². The maximum absolute atomic E-state index is 12.8. The van der Waals surface area contributed by atoms with Crippen molar-refractivity contribution in [3.63, 3.8) is 0 Å². The molecule has 5 N–H and O–H groups in total. The highest BCUT2D eigenvalue weighted by molar-refractivity contribution is 5.78. The Morgan fingerprint density at radius 1 is 1.05 bits per heavy atom. The minimum atomic E-state index is -0.974. The number of carboxylic acid groups (broad SMARTS) is 2. The zero-order valence-electron chi connectivity index (χ0n) is 23.5. The summed E-state index contributed by atoms with van der Waals surface area (Å²) in [5.74, 6) is -1.03. The normalized spacial score (nSPS) is 12.2. The van der Waals surface area contributed by atoms with Crippen LogP contribution >= 0.6 is 0 Å². The second kappa shape index (κ2) is 16.7. The van der Waals surface area contributed by atoms with Crippen LogP contribution in [-0.2, 0) is 38.5 Å². The standard InChI is InChI=1S/C23H26N2O5.C6H12N2O3/c1-3-21-24-19-8-6-5-7-18(19)22(26)25(21)13-14-30-17-11-9-16(10-12-17)15-20(23(27)28)29-4-2;1-8-4(6(10)11)2-3-5(7)9/h5-12,20H,3-4,13-15H2,1-2H3,(H,27,28);4,8H,2-3H2,1H3,(H2,7,9)(H,10,11). The number of aromatic nitrogens is 2. The second-order valence-corrected chi connectivity index (χ2v) is 9.02. The van der Waals surface area contributed by atoms with Gasteiger partial charge in [0.05, 0.1) is 17.4 Å². The minimum absolute atomic E-state index is 0.0629. The van der Waals surface area contributed by atoms with Gasteiger partial charge in [0.25, 0.3) is 5.56 Å². The number of hydrogen-bond acceptors (Lipinski definition) is 8. The molecule has 41 heavy (non-hydrogen) atoms. The molecule has 0 radical (unpaired) electrons. The van der Waals surface area contributed by atoms with Crippen molar-refractivity contribution in [2.24, 2.45) is 5.73 Å². The summed E-state index contributed by atoms with van der Waals surface area (Å²) in [6, 6.07) is 13.9. The molecule has 0 saturated carbocycles. The van der Waals surface area contributed by atoms with E-state index in [9.17, 15) is 24.3 Å². The van der Waals surface area contributed by atoms with Gasteiger partial charge < -0.3 is 30.7 Å². The van der Waals surface area contributed by atoms with E-state index in [0.29, 0.717) is 49.3 Å². The Labute approximate surface area is 238 Å². The van der Waals surface area contributed by atoms with Gasteiger partial charge in [-0.05, 0) is 50.2 Å². The fraction of sp³-hybridized carbons (Fsp3) is 0.414. The van der Waals surface area contributed by atoms with Gasteiger partial charge in [-0.25, -0.2) is 9.78 Å². The molecule has 0 aliphatic rings. The topological polar surface area (TPSA) is 183 Å². The molecule has 1 amide bonds. The van der Waals surface area contributed by atoms with E-state index in [1.54, 1.807) is 29.7 Å². The maximum Gasteiger partial charge on any atom is 0.333 e. The number of ether oxygens (including phenoxy) is 2. The van der Waals surface area contributed by atoms with Gasteiger partial charge in [0.2, 0.25) is 5.91 Å². The molecule has 222 valence electrons. The van der Waals surface area contributed by atoms with E-state index in [1.165, 1.54) is 7.05 Å². The van der Waals surface area contributed by atoms with Gasteiger partial charge in [-0.2, -0.15) is 0 Å². The number of aryl methyl sites for hydroxylation is 1. The number of primary amides is 1. The van der Waals surface area contributed by atoms with Crippen molar-refractivity contribution in [1.82, 2.24) is 14.9 Å². The van der Waals surface area contributed by atoms with Gasteiger partial charge in [-0.3, -0.25) is 19.0 Å². The van der Waals surface area contributed by atoms with Crippen molar-refractivity contribution in [3.05, 3.63) is 70.3 Å². The summed E-state index contributed by atoms with van der Waals surface area (Å²) in [6.45, 7) is 4.81. The Balaban J connectivity index is 0.000000454. The first-order chi connectivity index (χ1) is 19.6. The zero-order chi connectivity index (χ0) is 30.4. The summed E-state index contributed by atoms with van der Waals surface area (Å²) in [4.78, 5) is 49.2. The van der Waals surface area contributed by atoms with Gasteiger partial charge in [-0.15, -0.1) is 0 Å². The molecule has 0 fully saturated rings. The Morgan fingerprint density at radius 2 is 1.73 bits per heavy atom. The number of nitrogens with zero attached hydrogens (tertiary/aromatic N) is 2. The number of benzene rings is 2. The lowest BCUT2D eigenvalue weighted by atomic mass is 10.1. The molecule has 0 aliphatic carbocycles. The first-order valence-corrected chi connectivity index (χ1v) is 13.3. The third kappa shape index (κ3) is 10.3. The lowest BCUT2D eigenvalue weighted by Crippen LogP contribution is -2.34. The molecule has 3 rings (SSSR count). The van der Waals surface area contributed by atoms with Crippen LogP contribution < -0.4 is 21.3 Å². The number of fused-ring (bicyclic) bond motifs is 1. The number of likely N-dealkylation sites (N-methyl/N-ethyl adjacent to an activating group) is 1. The Bertz CT molecular complexity index is 1360. The number of para-hydroxylation sites is 1. The Morgan fingerprint density at radius 3 is 2.29 bits per heavy atom. The van der Waals surface area contributed by atoms with Crippen molar-refractivity contribution >= 4 is 28.7 Å². The summed E-state index contributed by atoms with van der Waals surface area (Å²) in [7, 11) is 1.53. The SMILES string of the molecule is CCOC(Cc1ccc(OCCn2c(CC)nc3ccccc3c2=O)cc1)C(=O)O.CNC(CCC(N)=O)C(=O)O. The van der Waals surface area contributed by atoms with Crippen molar-refractivity contribution in [3.8, 4) is 5.75 Å². The van der Waals surface area contributed by atoms with E-state index >= 15 is 0 Å². The van der Waals surface area contributed by atoms with Crippen LogP contribution in [0.1, 0.15) is 38.1 Å². The summed E-state index contributed by atoms with van der Waals surface area (Å²) >= 11 is 0. The molecule has 0 aliphatic heterocycles. The summed E-state index contributed by atoms with van der Waals surface area (Å²) in [5, 5.41) is 20.8. The number of aliphatic carboxylic acids is 2. The molecule has 2 atom stereocenters. The summed E-state index contributed by atoms with van der Waals surface area (Å²) < 4.78 is 12.7. The Hall–Kier alpha value is -4.29. The smallest absolute Gasteiger partial charge is 0.333 e. The van der Waals surface area contributed by atoms with E-state index in [4.69, 9.17) is 20.3 Å². The first-order valence-electron chi connectivity index (χ1n) is 13.3. The van der Waals surface area contributed by atoms with E-state index in [0.717, 1.165) is 11.4 Å². The van der Waals surface area contributed by atoms with Gasteiger partial charge >= 0.3 is 11.9 Å². The fourth-order valence-electron chi connectivity index (χ4n) is 4.00. The number of rotatable bonds is 15. The van der Waals surface area contributed by atoms with Crippen molar-refractivity contribution in [1.29, 1.82) is 0 Å². The lowest BCUT2D eigenvalue weighted by molar-refractivity contribution is -0.150. The van der Waals surface area contributed by atoms with Crippen LogP contribution in [0.2, 0.25) is 0 Å². The number of amides is 1. The molecular formula is C29H38N4O8. The van der Waals surface area contributed by atoms with Crippen LogP contribution in [0.4, 0.5) is 0 Å². The molecule has 3 aromatic rings. The molecule has 1 aromatic heterocycles. The number of carboxylic acids is 2. The lowest BCUT2D eigenvalue weighted by Gasteiger charge is -2.14. The van der Waals surface area contributed by atoms with Crippen LogP contribution in [0.15, 0.2) is 53.3 Å². The molecular weight excluding hydrogens is 532 g/mol. The fourth-order valence-corrected chi connectivity index (χ4v) is 4.00. The molecule has 0 saturated heterocycles. The highest BCUT2D eigenvalue weighted by Gasteiger charge is 2.18. The van der Waals surface area contributed by atoms with E-state index < -0.39 is 30.0 Å². The number of carbonyl (C=O) groups excluding carboxylic acids is 1. The molecule has 12 heteroatoms. The molecule has 2 aromatic carbocycles.